The van der Waals surface area contributed by atoms with Crippen molar-refractivity contribution in [3.8, 4) is 0 Å². The van der Waals surface area contributed by atoms with Gasteiger partial charge in [0.05, 0.1) is 6.54 Å². The molecule has 0 amide bonds. The topological polar surface area (TPSA) is 33.8 Å². The van der Waals surface area contributed by atoms with Gasteiger partial charge in [-0.3, -0.25) is 5.01 Å². The average Bonchev–Trinajstić information content (AvgIpc) is 2.44. The van der Waals surface area contributed by atoms with Gasteiger partial charge in [0.2, 0.25) is 0 Å². The van der Waals surface area contributed by atoms with Gasteiger partial charge in [-0.15, -0.1) is 10.2 Å². The van der Waals surface area contributed by atoms with Crippen molar-refractivity contribution >= 4 is 0 Å². The second kappa shape index (κ2) is 2.95. The normalized spacial score (nSPS) is 34.8. The third-order valence-corrected chi connectivity index (χ3v) is 2.82. The van der Waals surface area contributed by atoms with E-state index < -0.39 is 0 Å². The van der Waals surface area contributed by atoms with E-state index in [-0.39, 0.29) is 0 Å². The van der Waals surface area contributed by atoms with Gasteiger partial charge in [-0.25, -0.2) is 5.43 Å². The van der Waals surface area contributed by atoms with E-state index in [4.69, 9.17) is 0 Å². The first-order valence-corrected chi connectivity index (χ1v) is 4.96. The summed E-state index contributed by atoms with van der Waals surface area (Å²) in [4.78, 5) is 0. The van der Waals surface area contributed by atoms with Crippen molar-refractivity contribution in [1.82, 2.24) is 26.2 Å². The zero-order valence-corrected chi connectivity index (χ0v) is 7.61. The molecule has 3 aliphatic heterocycles. The van der Waals surface area contributed by atoms with Crippen molar-refractivity contribution in [2.24, 2.45) is 0 Å². The lowest BCUT2D eigenvalue weighted by atomic mass is 10.2. The third kappa shape index (κ3) is 1.16. The predicted octanol–water partition coefficient (Wildman–Crippen LogP) is -0.218. The largest absolute Gasteiger partial charge is 0.297 e. The summed E-state index contributed by atoms with van der Waals surface area (Å²) in [5, 5.41) is 6.69. The Balaban J connectivity index is 1.89. The van der Waals surface area contributed by atoms with Gasteiger partial charge in [-0.1, -0.05) is 0 Å². The van der Waals surface area contributed by atoms with Crippen LogP contribution in [-0.2, 0) is 0 Å². The molecule has 0 spiro atoms. The van der Waals surface area contributed by atoms with Crippen molar-refractivity contribution in [2.45, 2.75) is 25.4 Å². The molecule has 2 saturated heterocycles. The summed E-state index contributed by atoms with van der Waals surface area (Å²) in [5.41, 5.74) is 6.46. The minimum atomic E-state index is 0.437. The van der Waals surface area contributed by atoms with Gasteiger partial charge < -0.3 is 0 Å². The van der Waals surface area contributed by atoms with Gasteiger partial charge in [0.25, 0.3) is 0 Å². The van der Waals surface area contributed by atoms with Gasteiger partial charge in [0.1, 0.15) is 6.17 Å². The molecule has 0 saturated carbocycles. The van der Waals surface area contributed by atoms with Gasteiger partial charge >= 0.3 is 0 Å². The van der Waals surface area contributed by atoms with E-state index in [1.54, 1.807) is 0 Å². The third-order valence-electron chi connectivity index (χ3n) is 2.82. The molecule has 3 rings (SSSR count). The highest BCUT2D eigenvalue weighted by atomic mass is 16.1. The van der Waals surface area contributed by atoms with Crippen LogP contribution in [0.5, 0.6) is 0 Å². The second-order valence-corrected chi connectivity index (χ2v) is 3.72. The average molecular weight is 181 g/mol. The van der Waals surface area contributed by atoms with E-state index in [0.717, 1.165) is 13.1 Å². The molecule has 13 heavy (non-hydrogen) atoms. The monoisotopic (exact) mass is 181 g/mol. The Morgan fingerprint density at radius 2 is 2.31 bits per heavy atom. The Bertz CT molecular complexity index is 229. The fourth-order valence-electron chi connectivity index (χ4n) is 2.19. The highest BCUT2D eigenvalue weighted by molar-refractivity contribution is 4.91. The predicted molar refractivity (Wildman–Crippen MR) is 48.3 cm³/mol. The maximum Gasteiger partial charge on any atom is 0.110 e. The number of nitrogens with one attached hydrogen (secondary N) is 2. The Morgan fingerprint density at radius 1 is 1.31 bits per heavy atom. The summed E-state index contributed by atoms with van der Waals surface area (Å²) in [7, 11) is 0. The first kappa shape index (κ1) is 7.75. The molecule has 0 aromatic rings. The molecular formula is C8H15N5. The van der Waals surface area contributed by atoms with Gasteiger partial charge in [0, 0.05) is 12.7 Å². The minimum Gasteiger partial charge on any atom is -0.297 e. The molecule has 1 atom stereocenters. The van der Waals surface area contributed by atoms with E-state index in [2.05, 4.69) is 38.5 Å². The molecule has 72 valence electrons. The number of rotatable bonds is 0. The van der Waals surface area contributed by atoms with Crippen molar-refractivity contribution in [1.29, 1.82) is 0 Å². The molecule has 1 unspecified atom stereocenters. The summed E-state index contributed by atoms with van der Waals surface area (Å²) in [6, 6.07) is 0. The van der Waals surface area contributed by atoms with Gasteiger partial charge in [-0.05, 0) is 25.3 Å². The Kier molecular flexibility index (Phi) is 1.76. The molecule has 0 bridgehead atoms. The SMILES string of the molecule is C1=CN2CCCCC3NNN(C1)N32. The van der Waals surface area contributed by atoms with E-state index in [0.29, 0.717) is 6.17 Å². The first-order chi connectivity index (χ1) is 6.45. The molecule has 2 fully saturated rings. The fourth-order valence-corrected chi connectivity index (χ4v) is 2.19. The fraction of sp³-hybridized carbons (Fsp3) is 0.750. The van der Waals surface area contributed by atoms with Crippen LogP contribution in [0.2, 0.25) is 0 Å². The quantitative estimate of drug-likeness (QED) is 0.540. The summed E-state index contributed by atoms with van der Waals surface area (Å²) in [5.74, 6) is 0. The van der Waals surface area contributed by atoms with Crippen molar-refractivity contribution in [3.63, 3.8) is 0 Å². The Labute approximate surface area is 77.8 Å². The molecule has 2 N–H and O–H groups in total. The van der Waals surface area contributed by atoms with Gasteiger partial charge in [-0.2, -0.15) is 5.53 Å². The number of hydrogen-bond acceptors (Lipinski definition) is 5. The van der Waals surface area contributed by atoms with Crippen LogP contribution in [0, 0.1) is 0 Å². The molecule has 5 heteroatoms. The Hall–Kier alpha value is -0.620. The van der Waals surface area contributed by atoms with Crippen LogP contribution < -0.4 is 11.0 Å². The Morgan fingerprint density at radius 3 is 3.31 bits per heavy atom. The number of hydrogen-bond donors (Lipinski definition) is 2. The number of hydrazine groups is 4. The van der Waals surface area contributed by atoms with Crippen molar-refractivity contribution in [2.75, 3.05) is 13.1 Å². The lowest BCUT2D eigenvalue weighted by Gasteiger charge is -2.39. The molecule has 0 radical (unpaired) electrons. The van der Waals surface area contributed by atoms with Gasteiger partial charge in [0.15, 0.2) is 0 Å². The van der Waals surface area contributed by atoms with E-state index >= 15 is 0 Å². The zero-order chi connectivity index (χ0) is 8.67. The summed E-state index contributed by atoms with van der Waals surface area (Å²) < 4.78 is 0. The highest BCUT2D eigenvalue weighted by Crippen LogP contribution is 2.22. The molecule has 3 aliphatic rings. The molecular weight excluding hydrogens is 166 g/mol. The molecule has 3 heterocycles. The van der Waals surface area contributed by atoms with E-state index in [1.807, 2.05) is 0 Å². The first-order valence-electron chi connectivity index (χ1n) is 4.96. The van der Waals surface area contributed by atoms with E-state index in [9.17, 15) is 0 Å². The lowest BCUT2D eigenvalue weighted by molar-refractivity contribution is -0.167. The highest BCUT2D eigenvalue weighted by Gasteiger charge is 2.36. The second-order valence-electron chi connectivity index (χ2n) is 3.72. The molecule has 5 nitrogen and oxygen atoms in total. The smallest absolute Gasteiger partial charge is 0.110 e. The maximum atomic E-state index is 3.29. The van der Waals surface area contributed by atoms with Crippen LogP contribution in [0.3, 0.4) is 0 Å². The standard InChI is InChI=1S/C8H15N5/c1-2-5-11-6-3-7-12-10-9-8(4-1)13(11)12/h3,6,8-10H,1-2,4-5,7H2. The molecule has 0 aromatic carbocycles. The summed E-state index contributed by atoms with van der Waals surface area (Å²) >= 11 is 0. The van der Waals surface area contributed by atoms with Crippen LogP contribution >= 0.6 is 0 Å². The van der Waals surface area contributed by atoms with Crippen molar-refractivity contribution in [3.05, 3.63) is 12.3 Å². The summed E-state index contributed by atoms with van der Waals surface area (Å²) in [6.45, 7) is 2.08. The molecule has 0 aliphatic carbocycles. The van der Waals surface area contributed by atoms with Crippen LogP contribution in [-0.4, -0.2) is 34.5 Å². The molecule has 0 aromatic heterocycles. The van der Waals surface area contributed by atoms with Crippen LogP contribution in [0.25, 0.3) is 0 Å². The van der Waals surface area contributed by atoms with Crippen molar-refractivity contribution < 1.29 is 0 Å². The number of nitrogens with zero attached hydrogens (tertiary/aromatic N) is 3. The minimum absolute atomic E-state index is 0.437. The van der Waals surface area contributed by atoms with E-state index in [1.165, 1.54) is 19.3 Å². The zero-order valence-electron chi connectivity index (χ0n) is 7.61. The lowest BCUT2D eigenvalue weighted by Crippen LogP contribution is -2.54. The van der Waals surface area contributed by atoms with Crippen LogP contribution in [0.4, 0.5) is 0 Å². The van der Waals surface area contributed by atoms with Crippen LogP contribution in [0.1, 0.15) is 19.3 Å². The maximum absolute atomic E-state index is 3.29. The summed E-state index contributed by atoms with van der Waals surface area (Å²) in [6.07, 6.45) is 8.60. The van der Waals surface area contributed by atoms with Crippen LogP contribution in [0.15, 0.2) is 12.3 Å².